The average molecular weight is 548 g/mol. The smallest absolute Gasteiger partial charge is 0.267 e. The van der Waals surface area contributed by atoms with Gasteiger partial charge in [0.15, 0.2) is 0 Å². The summed E-state index contributed by atoms with van der Waals surface area (Å²) in [5.74, 6) is -1.20. The second-order valence-corrected chi connectivity index (χ2v) is 8.01. The highest BCUT2D eigenvalue weighted by molar-refractivity contribution is 6.32. The molecule has 9 N–H and O–H groups in total. The highest BCUT2D eigenvalue weighted by atomic mass is 35.5. The van der Waals surface area contributed by atoms with Crippen LogP contribution in [-0.2, 0) is 9.59 Å². The van der Waals surface area contributed by atoms with Gasteiger partial charge in [-0.2, -0.15) is 0 Å². The van der Waals surface area contributed by atoms with Gasteiger partial charge in [-0.25, -0.2) is 19.9 Å². The molecule has 2 aliphatic rings. The fourth-order valence-corrected chi connectivity index (χ4v) is 3.25. The number of rotatable bonds is 4. The Bertz CT molecular complexity index is 1100. The zero-order valence-corrected chi connectivity index (χ0v) is 20.2. The molecule has 14 nitrogen and oxygen atoms in total. The summed E-state index contributed by atoms with van der Waals surface area (Å²) in [6, 6.07) is 2.00. The number of hydrogen-bond donors (Lipinski definition) is 6. The van der Waals surface area contributed by atoms with Gasteiger partial charge in [-0.15, -0.1) is 0 Å². The predicted molar refractivity (Wildman–Crippen MR) is 127 cm³/mol. The third-order valence-electron chi connectivity index (χ3n) is 4.33. The molecule has 0 aromatic carbocycles. The number of halogens is 3. The van der Waals surface area contributed by atoms with Crippen molar-refractivity contribution in [3.8, 4) is 0 Å². The van der Waals surface area contributed by atoms with Crippen molar-refractivity contribution in [3.63, 3.8) is 0 Å². The van der Waals surface area contributed by atoms with Gasteiger partial charge in [0, 0.05) is 25.2 Å². The van der Waals surface area contributed by atoms with Gasteiger partial charge in [-0.05, 0) is 36.0 Å². The molecular formula is C18H21Cl3N10O4. The van der Waals surface area contributed by atoms with Crippen molar-refractivity contribution < 1.29 is 19.2 Å². The first-order valence-corrected chi connectivity index (χ1v) is 11.0. The molecule has 4 heterocycles. The lowest BCUT2D eigenvalue weighted by atomic mass is 10.2. The van der Waals surface area contributed by atoms with E-state index in [0.29, 0.717) is 18.8 Å². The lowest BCUT2D eigenvalue weighted by Gasteiger charge is -2.10. The van der Waals surface area contributed by atoms with E-state index >= 15 is 0 Å². The fraction of sp³-hybridized carbons (Fsp3) is 0.333. The molecule has 2 fully saturated rings. The minimum absolute atomic E-state index is 0.00547. The second kappa shape index (κ2) is 12.9. The molecular weight excluding hydrogens is 527 g/mol. The molecule has 4 rings (SSSR count). The van der Waals surface area contributed by atoms with Crippen molar-refractivity contribution in [2.24, 2.45) is 17.2 Å². The van der Waals surface area contributed by atoms with E-state index in [1.165, 1.54) is 12.1 Å². The molecule has 2 aliphatic heterocycles. The molecule has 0 radical (unpaired) electrons. The van der Waals surface area contributed by atoms with Gasteiger partial charge in [0.25, 0.3) is 11.8 Å². The van der Waals surface area contributed by atoms with Gasteiger partial charge in [0.2, 0.25) is 22.4 Å². The fourth-order valence-electron chi connectivity index (χ4n) is 2.66. The van der Waals surface area contributed by atoms with Gasteiger partial charge in [-0.1, -0.05) is 11.6 Å². The van der Waals surface area contributed by atoms with E-state index in [1.807, 2.05) is 0 Å². The van der Waals surface area contributed by atoms with Crippen molar-refractivity contribution in [2.45, 2.75) is 24.9 Å². The Hall–Kier alpha value is -3.33. The number of nitrogens with two attached hydrogens (primary N) is 3. The Morgan fingerprint density at radius 2 is 1.40 bits per heavy atom. The maximum absolute atomic E-state index is 11.3. The minimum Gasteiger partial charge on any atom is -0.364 e. The highest BCUT2D eigenvalue weighted by Gasteiger charge is 2.24. The van der Waals surface area contributed by atoms with E-state index in [4.69, 9.17) is 52.0 Å². The Balaban J connectivity index is 0.000000205. The molecule has 35 heavy (non-hydrogen) atoms. The Morgan fingerprint density at radius 3 is 1.83 bits per heavy atom. The van der Waals surface area contributed by atoms with E-state index in [9.17, 15) is 19.2 Å². The molecule has 0 spiro atoms. The van der Waals surface area contributed by atoms with E-state index in [0.717, 1.165) is 13.0 Å². The maximum Gasteiger partial charge on any atom is 0.267 e. The molecule has 17 heteroatoms. The number of nitrogens with one attached hydrogen (secondary N) is 3. The Kier molecular flexibility index (Phi) is 10.3. The van der Waals surface area contributed by atoms with Gasteiger partial charge in [-0.3, -0.25) is 19.2 Å². The normalized spacial score (nSPS) is 18.3. The van der Waals surface area contributed by atoms with Crippen LogP contribution in [0.5, 0.6) is 0 Å². The third kappa shape index (κ3) is 9.09. The lowest BCUT2D eigenvalue weighted by molar-refractivity contribution is -0.120. The van der Waals surface area contributed by atoms with Crippen LogP contribution < -0.4 is 33.2 Å². The number of carbonyl (C=O) groups excluding carboxylic acids is 4. The van der Waals surface area contributed by atoms with Crippen LogP contribution in [0.15, 0.2) is 12.1 Å². The molecule has 0 bridgehead atoms. The zero-order valence-electron chi connectivity index (χ0n) is 17.9. The summed E-state index contributed by atoms with van der Waals surface area (Å²) in [6.45, 7) is 1.36. The van der Waals surface area contributed by atoms with Crippen LogP contribution in [0.25, 0.3) is 0 Å². The van der Waals surface area contributed by atoms with Crippen molar-refractivity contribution in [1.82, 2.24) is 30.6 Å². The quantitative estimate of drug-likeness (QED) is 0.207. The first-order valence-electron chi connectivity index (χ1n) is 9.88. The first-order chi connectivity index (χ1) is 16.5. The van der Waals surface area contributed by atoms with Crippen molar-refractivity contribution in [1.29, 1.82) is 0 Å². The molecule has 2 atom stereocenters. The van der Waals surface area contributed by atoms with Gasteiger partial charge >= 0.3 is 0 Å². The number of amides is 4. The van der Waals surface area contributed by atoms with Crippen LogP contribution in [0.2, 0.25) is 15.7 Å². The molecule has 2 aromatic rings. The molecule has 4 amide bonds. The Morgan fingerprint density at radius 1 is 0.857 bits per heavy atom. The van der Waals surface area contributed by atoms with Crippen LogP contribution in [0.4, 0.5) is 5.82 Å². The number of hydrogen-bond acceptors (Lipinski definition) is 10. The largest absolute Gasteiger partial charge is 0.364 e. The predicted octanol–water partition coefficient (Wildman–Crippen LogP) is -0.755. The van der Waals surface area contributed by atoms with Crippen LogP contribution in [0.1, 0.15) is 33.8 Å². The van der Waals surface area contributed by atoms with Crippen LogP contribution in [0.3, 0.4) is 0 Å². The molecule has 2 saturated heterocycles. The number of carbonyl (C=O) groups is 4. The number of anilines is 1. The van der Waals surface area contributed by atoms with Gasteiger partial charge in [0.1, 0.15) is 28.4 Å². The number of nitrogens with zero attached hydrogens (tertiary/aromatic N) is 4. The summed E-state index contributed by atoms with van der Waals surface area (Å²) in [7, 11) is 0. The second-order valence-electron chi connectivity index (χ2n) is 6.94. The molecule has 0 aliphatic carbocycles. The van der Waals surface area contributed by atoms with E-state index in [-0.39, 0.29) is 51.0 Å². The van der Waals surface area contributed by atoms with Gasteiger partial charge in [0.05, 0.1) is 6.04 Å². The topological polar surface area (TPSA) is 234 Å². The highest BCUT2D eigenvalue weighted by Crippen LogP contribution is 2.14. The number of primary amides is 2. The Labute approximate surface area is 213 Å². The molecule has 188 valence electrons. The average Bonchev–Trinajstić information content (AvgIpc) is 3.35. The van der Waals surface area contributed by atoms with Crippen molar-refractivity contribution in [3.05, 3.63) is 39.2 Å². The summed E-state index contributed by atoms with van der Waals surface area (Å²) in [5, 5.41) is 8.06. The van der Waals surface area contributed by atoms with Crippen LogP contribution >= 0.6 is 34.8 Å². The molecule has 1 unspecified atom stereocenters. The van der Waals surface area contributed by atoms with E-state index in [2.05, 4.69) is 35.9 Å². The molecule has 2 aromatic heterocycles. The summed E-state index contributed by atoms with van der Waals surface area (Å²) in [5.41, 5.74) is 15.3. The lowest BCUT2D eigenvalue weighted by Crippen LogP contribution is -2.30. The number of aromatic nitrogens is 4. The van der Waals surface area contributed by atoms with Crippen LogP contribution in [0, 0.1) is 0 Å². The summed E-state index contributed by atoms with van der Waals surface area (Å²) < 4.78 is 0. The third-order valence-corrected chi connectivity index (χ3v) is 4.87. The van der Waals surface area contributed by atoms with Crippen molar-refractivity contribution >= 4 is 64.2 Å². The first kappa shape index (κ1) is 27.9. The van der Waals surface area contributed by atoms with Gasteiger partial charge < -0.3 is 33.2 Å². The van der Waals surface area contributed by atoms with Crippen LogP contribution in [-0.4, -0.2) is 68.7 Å². The summed E-state index contributed by atoms with van der Waals surface area (Å²) in [4.78, 5) is 57.8. The zero-order chi connectivity index (χ0) is 26.1. The minimum atomic E-state index is -0.701. The summed E-state index contributed by atoms with van der Waals surface area (Å²) in [6.07, 6.45) is 1.44. The SMILES string of the molecule is NC(=O)c1cc(Cl)nc(Cl)n1.NC(=O)c1cc(NC2CCNC2=O)nc(Cl)n1.N[C@H]1CCNC1=O. The molecule has 0 saturated carbocycles. The monoisotopic (exact) mass is 546 g/mol. The van der Waals surface area contributed by atoms with E-state index in [1.54, 1.807) is 0 Å². The van der Waals surface area contributed by atoms with E-state index < -0.39 is 11.8 Å². The maximum atomic E-state index is 11.3. The standard InChI is InChI=1S/C9H10ClN5O2.C5H3Cl2N3O.C4H8N2O/c10-9-14-5(7(11)16)3-6(15-9)13-4-1-2-12-8(4)17;6-3-1-2(4(8)11)9-5(7)10-3;5-3-1-2-6-4(3)7/h3-4H,1-2H2,(H2,11,16)(H,12,17)(H,13,14,15);1H,(H2,8,11);3H,1-2,5H2,(H,6,7)/t;;3-/m..0/s1. The van der Waals surface area contributed by atoms with Crippen molar-refractivity contribution in [2.75, 3.05) is 18.4 Å². The summed E-state index contributed by atoms with van der Waals surface area (Å²) >= 11 is 16.5.